The van der Waals surface area contributed by atoms with Gasteiger partial charge in [0.15, 0.2) is 13.2 Å². The third-order valence-corrected chi connectivity index (χ3v) is 3.46. The summed E-state index contributed by atoms with van der Waals surface area (Å²) in [6.45, 7) is 12.2. The zero-order valence-corrected chi connectivity index (χ0v) is 15.0. The van der Waals surface area contributed by atoms with E-state index in [1.807, 2.05) is 38.1 Å². The topological polar surface area (TPSA) is 55.8 Å². The number of amides is 1. The molecule has 0 N–H and O–H groups in total. The number of rotatable bonds is 9. The summed E-state index contributed by atoms with van der Waals surface area (Å²) >= 11 is 0. The molecule has 132 valence electrons. The number of hydrogen-bond acceptors (Lipinski definition) is 4. The monoisotopic (exact) mass is 333 g/mol. The predicted octanol–water partition coefficient (Wildman–Crippen LogP) is 3.16. The molecule has 0 radical (unpaired) electrons. The summed E-state index contributed by atoms with van der Waals surface area (Å²) in [6.07, 6.45) is 0. The number of likely N-dealkylation sites (N-methyl/N-ethyl adjacent to an activating group) is 1. The largest absolute Gasteiger partial charge is 0.482 e. The molecule has 1 rings (SSSR count). The van der Waals surface area contributed by atoms with Crippen molar-refractivity contribution in [1.82, 2.24) is 4.90 Å². The van der Waals surface area contributed by atoms with Crippen LogP contribution in [0.4, 0.5) is 0 Å². The van der Waals surface area contributed by atoms with Crippen molar-refractivity contribution in [2.24, 2.45) is 0 Å². The average Bonchev–Trinajstić information content (AvgIpc) is 2.55. The summed E-state index contributed by atoms with van der Waals surface area (Å²) in [4.78, 5) is 25.2. The molecule has 0 fully saturated rings. The number of nitrogens with zero attached hydrogens (tertiary/aromatic N) is 1. The van der Waals surface area contributed by atoms with Gasteiger partial charge in [-0.1, -0.05) is 38.1 Å². The van der Waals surface area contributed by atoms with Gasteiger partial charge in [0.25, 0.3) is 5.91 Å². The second-order valence-electron chi connectivity index (χ2n) is 6.04. The highest BCUT2D eigenvalue weighted by molar-refractivity contribution is 5.81. The van der Waals surface area contributed by atoms with Gasteiger partial charge in [0.1, 0.15) is 5.75 Å². The first kappa shape index (κ1) is 19.7. The normalized spacial score (nSPS) is 10.4. The van der Waals surface area contributed by atoms with Gasteiger partial charge in [0.2, 0.25) is 0 Å². The van der Waals surface area contributed by atoms with Gasteiger partial charge in [-0.25, -0.2) is 4.79 Å². The van der Waals surface area contributed by atoms with Crippen LogP contribution in [-0.4, -0.2) is 43.1 Å². The van der Waals surface area contributed by atoms with E-state index < -0.39 is 5.97 Å². The summed E-state index contributed by atoms with van der Waals surface area (Å²) in [7, 11) is 0. The number of ether oxygens (including phenoxy) is 2. The second-order valence-corrected chi connectivity index (χ2v) is 6.04. The van der Waals surface area contributed by atoms with Gasteiger partial charge in [-0.15, -0.1) is 0 Å². The standard InChI is InChI=1S/C19H27NO4/c1-6-20(11-14(2)3)18(21)12-24-19(22)13-23-17-9-7-16(8-10-17)15(4)5/h7-10,15H,2,6,11-13H2,1,3-5H3. The van der Waals surface area contributed by atoms with Crippen molar-refractivity contribution in [1.29, 1.82) is 0 Å². The fourth-order valence-corrected chi connectivity index (χ4v) is 2.07. The number of benzene rings is 1. The van der Waals surface area contributed by atoms with Crippen molar-refractivity contribution < 1.29 is 19.1 Å². The van der Waals surface area contributed by atoms with Crippen molar-refractivity contribution in [2.75, 3.05) is 26.3 Å². The summed E-state index contributed by atoms with van der Waals surface area (Å²) in [6, 6.07) is 7.57. The maximum atomic E-state index is 12.0. The third-order valence-electron chi connectivity index (χ3n) is 3.46. The van der Waals surface area contributed by atoms with E-state index in [2.05, 4.69) is 20.4 Å². The zero-order chi connectivity index (χ0) is 18.1. The van der Waals surface area contributed by atoms with Crippen LogP contribution in [0.3, 0.4) is 0 Å². The lowest BCUT2D eigenvalue weighted by molar-refractivity contribution is -0.153. The van der Waals surface area contributed by atoms with Crippen LogP contribution < -0.4 is 4.74 Å². The van der Waals surface area contributed by atoms with Gasteiger partial charge in [-0.3, -0.25) is 4.79 Å². The van der Waals surface area contributed by atoms with Crippen molar-refractivity contribution in [2.45, 2.75) is 33.6 Å². The van der Waals surface area contributed by atoms with Gasteiger partial charge < -0.3 is 14.4 Å². The van der Waals surface area contributed by atoms with Gasteiger partial charge in [0, 0.05) is 13.1 Å². The third kappa shape index (κ3) is 6.86. The van der Waals surface area contributed by atoms with Gasteiger partial charge >= 0.3 is 5.97 Å². The maximum Gasteiger partial charge on any atom is 0.344 e. The second kappa shape index (κ2) is 9.75. The minimum absolute atomic E-state index is 0.221. The molecule has 0 spiro atoms. The van der Waals surface area contributed by atoms with E-state index in [4.69, 9.17) is 9.47 Å². The molecule has 0 saturated carbocycles. The summed E-state index contributed by atoms with van der Waals surface area (Å²) in [5.41, 5.74) is 2.08. The molecule has 0 atom stereocenters. The molecule has 1 amide bonds. The zero-order valence-electron chi connectivity index (χ0n) is 15.0. The van der Waals surface area contributed by atoms with E-state index >= 15 is 0 Å². The van der Waals surface area contributed by atoms with Crippen molar-refractivity contribution in [3.05, 3.63) is 42.0 Å². The molecule has 24 heavy (non-hydrogen) atoms. The first-order chi connectivity index (χ1) is 11.3. The van der Waals surface area contributed by atoms with Crippen LogP contribution in [0, 0.1) is 0 Å². The van der Waals surface area contributed by atoms with Crippen LogP contribution in [-0.2, 0) is 14.3 Å². The molecule has 0 heterocycles. The first-order valence-corrected chi connectivity index (χ1v) is 8.14. The molecule has 5 nitrogen and oxygen atoms in total. The van der Waals surface area contributed by atoms with Crippen molar-refractivity contribution in [3.63, 3.8) is 0 Å². The molecular formula is C19H27NO4. The minimum Gasteiger partial charge on any atom is -0.482 e. The average molecular weight is 333 g/mol. The molecule has 1 aromatic rings. The molecule has 5 heteroatoms. The lowest BCUT2D eigenvalue weighted by Gasteiger charge is -2.20. The Morgan fingerprint density at radius 1 is 1.17 bits per heavy atom. The van der Waals surface area contributed by atoms with Crippen LogP contribution in [0.25, 0.3) is 0 Å². The van der Waals surface area contributed by atoms with Crippen LogP contribution in [0.2, 0.25) is 0 Å². The van der Waals surface area contributed by atoms with E-state index in [9.17, 15) is 9.59 Å². The van der Waals surface area contributed by atoms with E-state index in [0.29, 0.717) is 24.8 Å². The number of carbonyl (C=O) groups excluding carboxylic acids is 2. The molecule has 0 saturated heterocycles. The van der Waals surface area contributed by atoms with Crippen LogP contribution in [0.1, 0.15) is 39.2 Å². The van der Waals surface area contributed by atoms with E-state index in [-0.39, 0.29) is 19.1 Å². The quantitative estimate of drug-likeness (QED) is 0.514. The van der Waals surface area contributed by atoms with Crippen LogP contribution in [0.5, 0.6) is 5.75 Å². The fraction of sp³-hybridized carbons (Fsp3) is 0.474. The lowest BCUT2D eigenvalue weighted by Crippen LogP contribution is -2.36. The fourth-order valence-electron chi connectivity index (χ4n) is 2.07. The molecule has 0 aliphatic carbocycles. The van der Waals surface area contributed by atoms with E-state index in [1.54, 1.807) is 4.90 Å². The Balaban J connectivity index is 2.38. The Labute approximate surface area is 144 Å². The van der Waals surface area contributed by atoms with Crippen molar-refractivity contribution in [3.8, 4) is 5.75 Å². The van der Waals surface area contributed by atoms with Gasteiger partial charge in [0.05, 0.1) is 0 Å². The first-order valence-electron chi connectivity index (χ1n) is 8.14. The van der Waals surface area contributed by atoms with E-state index in [1.165, 1.54) is 5.56 Å². The number of hydrogen-bond donors (Lipinski definition) is 0. The minimum atomic E-state index is -0.567. The molecule has 0 aromatic heterocycles. The Morgan fingerprint density at radius 2 is 1.79 bits per heavy atom. The predicted molar refractivity (Wildman–Crippen MR) is 94.1 cm³/mol. The maximum absolute atomic E-state index is 12.0. The van der Waals surface area contributed by atoms with Crippen molar-refractivity contribution >= 4 is 11.9 Å². The molecule has 0 aliphatic rings. The summed E-state index contributed by atoms with van der Waals surface area (Å²) in [5, 5.41) is 0. The highest BCUT2D eigenvalue weighted by Crippen LogP contribution is 2.18. The molecule has 1 aromatic carbocycles. The Hall–Kier alpha value is -2.30. The number of esters is 1. The SMILES string of the molecule is C=C(C)CN(CC)C(=O)COC(=O)COc1ccc(C(C)C)cc1. The molecular weight excluding hydrogens is 306 g/mol. The summed E-state index contributed by atoms with van der Waals surface area (Å²) in [5.74, 6) is 0.230. The van der Waals surface area contributed by atoms with Crippen LogP contribution >= 0.6 is 0 Å². The van der Waals surface area contributed by atoms with Gasteiger partial charge in [-0.2, -0.15) is 0 Å². The molecule has 0 aliphatic heterocycles. The van der Waals surface area contributed by atoms with Crippen LogP contribution in [0.15, 0.2) is 36.4 Å². The highest BCUT2D eigenvalue weighted by Gasteiger charge is 2.14. The lowest BCUT2D eigenvalue weighted by atomic mass is 10.0. The number of carbonyl (C=O) groups is 2. The Kier molecular flexibility index (Phi) is 8.02. The highest BCUT2D eigenvalue weighted by atomic mass is 16.6. The smallest absolute Gasteiger partial charge is 0.344 e. The van der Waals surface area contributed by atoms with E-state index in [0.717, 1.165) is 5.57 Å². The van der Waals surface area contributed by atoms with Gasteiger partial charge in [-0.05, 0) is 37.5 Å². The molecule has 0 unspecified atom stereocenters. The molecule has 0 bridgehead atoms. The summed E-state index contributed by atoms with van der Waals surface area (Å²) < 4.78 is 10.3. The Bertz CT molecular complexity index is 563. The Morgan fingerprint density at radius 3 is 2.29 bits per heavy atom.